The van der Waals surface area contributed by atoms with Crippen molar-refractivity contribution in [3.05, 3.63) is 48.2 Å². The van der Waals surface area contributed by atoms with Crippen LogP contribution >= 0.6 is 11.6 Å². The predicted octanol–water partition coefficient (Wildman–Crippen LogP) is 4.21. The van der Waals surface area contributed by atoms with E-state index in [4.69, 9.17) is 20.8 Å². The highest BCUT2D eigenvalue weighted by atomic mass is 35.5. The van der Waals surface area contributed by atoms with Gasteiger partial charge in [-0.1, -0.05) is 13.0 Å². The van der Waals surface area contributed by atoms with Gasteiger partial charge < -0.3 is 13.7 Å². The fraction of sp³-hybridized carbons (Fsp3) is 0.312. The minimum atomic E-state index is 0.350. The summed E-state index contributed by atoms with van der Waals surface area (Å²) >= 11 is 6.05. The number of halogens is 1. The molecule has 5 heteroatoms. The van der Waals surface area contributed by atoms with Crippen LogP contribution < -0.4 is 4.74 Å². The monoisotopic (exact) mass is 304 g/mol. The summed E-state index contributed by atoms with van der Waals surface area (Å²) in [6.45, 7) is 3.38. The lowest BCUT2D eigenvalue weighted by molar-refractivity contribution is 0.320. The number of alkyl halides is 1. The van der Waals surface area contributed by atoms with Crippen molar-refractivity contribution in [3.63, 3.8) is 0 Å². The summed E-state index contributed by atoms with van der Waals surface area (Å²) in [6, 6.07) is 9.78. The fourth-order valence-electron chi connectivity index (χ4n) is 2.33. The lowest BCUT2D eigenvalue weighted by Gasteiger charge is -2.07. The number of benzene rings is 1. The zero-order valence-corrected chi connectivity index (χ0v) is 12.6. The van der Waals surface area contributed by atoms with Gasteiger partial charge in [-0.2, -0.15) is 0 Å². The van der Waals surface area contributed by atoms with Crippen molar-refractivity contribution in [2.24, 2.45) is 0 Å². The van der Waals surface area contributed by atoms with E-state index in [1.807, 2.05) is 30.3 Å². The SMILES string of the molecule is CCCOc1cccc2c1nc(CCl)n2Cc1ccco1. The molecule has 2 heterocycles. The van der Waals surface area contributed by atoms with Gasteiger partial charge in [0, 0.05) is 0 Å². The van der Waals surface area contributed by atoms with Crippen molar-refractivity contribution >= 4 is 22.6 Å². The molecule has 0 radical (unpaired) electrons. The van der Waals surface area contributed by atoms with Gasteiger partial charge >= 0.3 is 0 Å². The number of furan rings is 1. The van der Waals surface area contributed by atoms with Crippen molar-refractivity contribution in [1.82, 2.24) is 9.55 Å². The molecule has 110 valence electrons. The van der Waals surface area contributed by atoms with E-state index in [1.54, 1.807) is 6.26 Å². The van der Waals surface area contributed by atoms with Gasteiger partial charge in [-0.15, -0.1) is 11.6 Å². The molecule has 0 amide bonds. The predicted molar refractivity (Wildman–Crippen MR) is 82.9 cm³/mol. The molecular formula is C16H17ClN2O2. The number of imidazole rings is 1. The number of nitrogens with zero attached hydrogens (tertiary/aromatic N) is 2. The third-order valence-corrected chi connectivity index (χ3v) is 3.54. The van der Waals surface area contributed by atoms with Gasteiger partial charge in [-0.25, -0.2) is 4.98 Å². The third kappa shape index (κ3) is 2.76. The second-order valence-corrected chi connectivity index (χ2v) is 5.07. The van der Waals surface area contributed by atoms with Crippen molar-refractivity contribution in [2.75, 3.05) is 6.61 Å². The normalized spacial score (nSPS) is 11.1. The molecule has 3 aromatic rings. The van der Waals surface area contributed by atoms with Gasteiger partial charge in [0.25, 0.3) is 0 Å². The first kappa shape index (κ1) is 14.0. The number of ether oxygens (including phenoxy) is 1. The van der Waals surface area contributed by atoms with E-state index in [9.17, 15) is 0 Å². The molecule has 0 bridgehead atoms. The van der Waals surface area contributed by atoms with E-state index >= 15 is 0 Å². The maximum absolute atomic E-state index is 6.05. The van der Waals surface area contributed by atoms with Crippen molar-refractivity contribution in [2.45, 2.75) is 25.8 Å². The summed E-state index contributed by atoms with van der Waals surface area (Å²) in [4.78, 5) is 4.63. The molecule has 0 aliphatic heterocycles. The molecule has 4 nitrogen and oxygen atoms in total. The molecule has 0 saturated heterocycles. The maximum atomic E-state index is 6.05. The van der Waals surface area contributed by atoms with Gasteiger partial charge in [-0.05, 0) is 30.7 Å². The van der Waals surface area contributed by atoms with E-state index in [0.29, 0.717) is 19.0 Å². The van der Waals surface area contributed by atoms with Crippen LogP contribution in [0.2, 0.25) is 0 Å². The standard InChI is InChI=1S/C16H17ClN2O2/c1-2-8-21-14-7-3-6-13-16(14)18-15(10-17)19(13)11-12-5-4-9-20-12/h3-7,9H,2,8,10-11H2,1H3. The summed E-state index contributed by atoms with van der Waals surface area (Å²) in [5.41, 5.74) is 1.86. The second-order valence-electron chi connectivity index (χ2n) is 4.80. The van der Waals surface area contributed by atoms with E-state index in [2.05, 4.69) is 16.5 Å². The van der Waals surface area contributed by atoms with Gasteiger partial charge in [0.15, 0.2) is 0 Å². The van der Waals surface area contributed by atoms with Crippen LogP contribution in [0.4, 0.5) is 0 Å². The van der Waals surface area contributed by atoms with Crippen molar-refractivity contribution in [1.29, 1.82) is 0 Å². The zero-order valence-electron chi connectivity index (χ0n) is 11.9. The number of para-hydroxylation sites is 1. The number of fused-ring (bicyclic) bond motifs is 1. The van der Waals surface area contributed by atoms with Gasteiger partial charge in [0.05, 0.1) is 30.8 Å². The zero-order chi connectivity index (χ0) is 14.7. The first-order valence-electron chi connectivity index (χ1n) is 7.02. The number of hydrogen-bond acceptors (Lipinski definition) is 3. The van der Waals surface area contributed by atoms with Crippen LogP contribution in [0.3, 0.4) is 0 Å². The minimum absolute atomic E-state index is 0.350. The Morgan fingerprint density at radius 2 is 2.19 bits per heavy atom. The molecule has 21 heavy (non-hydrogen) atoms. The molecule has 2 aromatic heterocycles. The Morgan fingerprint density at radius 1 is 1.29 bits per heavy atom. The van der Waals surface area contributed by atoms with Gasteiger partial charge in [-0.3, -0.25) is 0 Å². The number of hydrogen-bond donors (Lipinski definition) is 0. The summed E-state index contributed by atoms with van der Waals surface area (Å²) in [6.07, 6.45) is 2.64. The molecule has 0 spiro atoms. The highest BCUT2D eigenvalue weighted by Crippen LogP contribution is 2.27. The van der Waals surface area contributed by atoms with E-state index < -0.39 is 0 Å². The molecule has 0 atom stereocenters. The molecule has 0 aliphatic carbocycles. The second kappa shape index (κ2) is 6.22. The van der Waals surface area contributed by atoms with Crippen molar-refractivity contribution < 1.29 is 9.15 Å². The largest absolute Gasteiger partial charge is 0.491 e. The van der Waals surface area contributed by atoms with Crippen LogP contribution in [0.1, 0.15) is 24.9 Å². The first-order valence-corrected chi connectivity index (χ1v) is 7.56. The molecule has 0 aliphatic rings. The van der Waals surface area contributed by atoms with Crippen LogP contribution in [-0.2, 0) is 12.4 Å². The first-order chi connectivity index (χ1) is 10.3. The van der Waals surface area contributed by atoms with Crippen LogP contribution in [0.5, 0.6) is 5.75 Å². The fourth-order valence-corrected chi connectivity index (χ4v) is 2.54. The van der Waals surface area contributed by atoms with E-state index in [0.717, 1.165) is 34.8 Å². The molecule has 0 N–H and O–H groups in total. The quantitative estimate of drug-likeness (QED) is 0.641. The molecule has 0 unspecified atom stereocenters. The average molecular weight is 305 g/mol. The van der Waals surface area contributed by atoms with E-state index in [1.165, 1.54) is 0 Å². The molecule has 1 aromatic carbocycles. The van der Waals surface area contributed by atoms with Crippen LogP contribution in [0.15, 0.2) is 41.0 Å². The molecule has 3 rings (SSSR count). The Bertz CT molecular complexity index is 719. The Kier molecular flexibility index (Phi) is 4.15. The van der Waals surface area contributed by atoms with Gasteiger partial charge in [0.1, 0.15) is 22.9 Å². The highest BCUT2D eigenvalue weighted by molar-refractivity contribution is 6.16. The molecular weight excluding hydrogens is 288 g/mol. The molecule has 0 fully saturated rings. The summed E-state index contributed by atoms with van der Waals surface area (Å²) < 4.78 is 13.3. The van der Waals surface area contributed by atoms with Gasteiger partial charge in [0.2, 0.25) is 0 Å². The Morgan fingerprint density at radius 3 is 2.90 bits per heavy atom. The molecule has 0 saturated carbocycles. The summed E-state index contributed by atoms with van der Waals surface area (Å²) in [5.74, 6) is 2.85. The van der Waals surface area contributed by atoms with Crippen molar-refractivity contribution in [3.8, 4) is 5.75 Å². The summed E-state index contributed by atoms with van der Waals surface area (Å²) in [5, 5.41) is 0. The Hall–Kier alpha value is -1.94. The third-order valence-electron chi connectivity index (χ3n) is 3.30. The summed E-state index contributed by atoms with van der Waals surface area (Å²) in [7, 11) is 0. The van der Waals surface area contributed by atoms with E-state index in [-0.39, 0.29) is 0 Å². The van der Waals surface area contributed by atoms with Crippen LogP contribution in [0, 0.1) is 0 Å². The number of aromatic nitrogens is 2. The smallest absolute Gasteiger partial charge is 0.147 e. The maximum Gasteiger partial charge on any atom is 0.147 e. The Labute approximate surface area is 128 Å². The Balaban J connectivity index is 2.05. The highest BCUT2D eigenvalue weighted by Gasteiger charge is 2.14. The van der Waals surface area contributed by atoms with Crippen LogP contribution in [0.25, 0.3) is 11.0 Å². The number of rotatable bonds is 6. The lowest BCUT2D eigenvalue weighted by Crippen LogP contribution is -2.02. The van der Waals surface area contributed by atoms with Crippen LogP contribution in [-0.4, -0.2) is 16.2 Å². The topological polar surface area (TPSA) is 40.2 Å². The minimum Gasteiger partial charge on any atom is -0.491 e. The average Bonchev–Trinajstić information content (AvgIpc) is 3.14. The lowest BCUT2D eigenvalue weighted by atomic mass is 10.3.